The molecule has 6 heteroatoms. The first-order valence-corrected chi connectivity index (χ1v) is 9.17. The highest BCUT2D eigenvalue weighted by molar-refractivity contribution is 6.07. The number of benzene rings is 1. The number of amides is 2. The number of aromatic amines is 1. The zero-order valence-electron chi connectivity index (χ0n) is 15.8. The van der Waals surface area contributed by atoms with Crippen LogP contribution in [0.1, 0.15) is 65.7 Å². The molecule has 2 unspecified atom stereocenters. The number of hydrogen-bond donors (Lipinski definition) is 3. The van der Waals surface area contributed by atoms with E-state index in [1.165, 1.54) is 6.07 Å². The standard InChI is InChI=1S/C21H24FN3O2/c1-4-6-17(26)25-14-8-5-7-13(9-14)19-16(22)10-15(21(23)27)20-18(19)11(2)12(3)24-20/h10,13-14,24H,5,7-9H2,1-3H3,(H2,23,27)(H,25,26). The number of rotatable bonds is 3. The molecule has 1 saturated carbocycles. The molecule has 2 amide bonds. The highest BCUT2D eigenvalue weighted by Crippen LogP contribution is 2.40. The van der Waals surface area contributed by atoms with Crippen LogP contribution in [0, 0.1) is 31.5 Å². The van der Waals surface area contributed by atoms with Gasteiger partial charge in [-0.2, -0.15) is 0 Å². The third-order valence-corrected chi connectivity index (χ3v) is 5.49. The third kappa shape index (κ3) is 3.55. The molecule has 3 rings (SSSR count). The van der Waals surface area contributed by atoms with E-state index >= 15 is 4.39 Å². The van der Waals surface area contributed by atoms with E-state index < -0.39 is 11.7 Å². The average molecular weight is 369 g/mol. The van der Waals surface area contributed by atoms with Gasteiger partial charge in [0.1, 0.15) is 5.82 Å². The maximum atomic E-state index is 15.1. The van der Waals surface area contributed by atoms with E-state index in [-0.39, 0.29) is 23.4 Å². The van der Waals surface area contributed by atoms with Gasteiger partial charge in [0.25, 0.3) is 11.8 Å². The SMILES string of the molecule is CC#CC(=O)NC1CCCC(c2c(F)cc(C(N)=O)c3[nH]c(C)c(C)c23)C1. The highest BCUT2D eigenvalue weighted by Gasteiger charge is 2.30. The molecule has 2 atom stereocenters. The van der Waals surface area contributed by atoms with E-state index in [0.717, 1.165) is 35.9 Å². The van der Waals surface area contributed by atoms with Crippen molar-refractivity contribution in [2.24, 2.45) is 5.73 Å². The van der Waals surface area contributed by atoms with Crippen molar-refractivity contribution in [2.75, 3.05) is 0 Å². The van der Waals surface area contributed by atoms with Gasteiger partial charge in [-0.15, -0.1) is 0 Å². The first kappa shape index (κ1) is 19.0. The number of nitrogens with two attached hydrogens (primary N) is 1. The van der Waals surface area contributed by atoms with Gasteiger partial charge in [0.05, 0.1) is 11.1 Å². The van der Waals surface area contributed by atoms with Gasteiger partial charge in [0.2, 0.25) is 0 Å². The van der Waals surface area contributed by atoms with E-state index in [2.05, 4.69) is 22.1 Å². The van der Waals surface area contributed by atoms with E-state index in [1.807, 2.05) is 13.8 Å². The Balaban J connectivity index is 2.04. The molecule has 4 N–H and O–H groups in total. The van der Waals surface area contributed by atoms with Crippen LogP contribution in [0.3, 0.4) is 0 Å². The van der Waals surface area contributed by atoms with Gasteiger partial charge in [-0.3, -0.25) is 9.59 Å². The number of primary amides is 1. The maximum Gasteiger partial charge on any atom is 0.296 e. The number of carbonyl (C=O) groups excluding carboxylic acids is 2. The molecule has 0 aliphatic heterocycles. The summed E-state index contributed by atoms with van der Waals surface area (Å²) in [6.07, 6.45) is 3.21. The Morgan fingerprint density at radius 1 is 1.33 bits per heavy atom. The summed E-state index contributed by atoms with van der Waals surface area (Å²) < 4.78 is 15.1. The third-order valence-electron chi connectivity index (χ3n) is 5.49. The highest BCUT2D eigenvalue weighted by atomic mass is 19.1. The van der Waals surface area contributed by atoms with Crippen LogP contribution in [0.4, 0.5) is 4.39 Å². The number of halogens is 1. The number of aromatic nitrogens is 1. The quantitative estimate of drug-likeness (QED) is 0.726. The van der Waals surface area contributed by atoms with Crippen LogP contribution in [0.5, 0.6) is 0 Å². The van der Waals surface area contributed by atoms with Crippen molar-refractivity contribution >= 4 is 22.7 Å². The Bertz CT molecular complexity index is 981. The van der Waals surface area contributed by atoms with Gasteiger partial charge in [0.15, 0.2) is 0 Å². The fourth-order valence-electron chi connectivity index (χ4n) is 4.17. The average Bonchev–Trinajstić information content (AvgIpc) is 2.90. The second kappa shape index (κ2) is 7.43. The van der Waals surface area contributed by atoms with Crippen molar-refractivity contribution in [1.82, 2.24) is 10.3 Å². The molecule has 0 radical (unpaired) electrons. The van der Waals surface area contributed by atoms with Gasteiger partial charge in [-0.1, -0.05) is 12.3 Å². The number of carbonyl (C=O) groups is 2. The molecule has 1 heterocycles. The van der Waals surface area contributed by atoms with Crippen molar-refractivity contribution in [3.8, 4) is 11.8 Å². The van der Waals surface area contributed by atoms with E-state index in [4.69, 9.17) is 5.73 Å². The molecule has 0 saturated heterocycles. The molecular weight excluding hydrogens is 345 g/mol. The predicted octanol–water partition coefficient (Wildman–Crippen LogP) is 3.19. The van der Waals surface area contributed by atoms with Crippen LogP contribution in [-0.4, -0.2) is 22.8 Å². The smallest absolute Gasteiger partial charge is 0.296 e. The van der Waals surface area contributed by atoms with Crippen LogP contribution in [0.2, 0.25) is 0 Å². The predicted molar refractivity (Wildman–Crippen MR) is 103 cm³/mol. The minimum atomic E-state index is -0.654. The molecule has 27 heavy (non-hydrogen) atoms. The van der Waals surface area contributed by atoms with Crippen LogP contribution in [0.25, 0.3) is 10.9 Å². The fraction of sp³-hybridized carbons (Fsp3) is 0.429. The summed E-state index contributed by atoms with van der Waals surface area (Å²) in [6.45, 7) is 5.43. The summed E-state index contributed by atoms with van der Waals surface area (Å²) in [5, 5.41) is 3.66. The van der Waals surface area contributed by atoms with Gasteiger partial charge in [-0.25, -0.2) is 4.39 Å². The Morgan fingerprint density at radius 2 is 2.07 bits per heavy atom. The molecule has 5 nitrogen and oxygen atoms in total. The summed E-state index contributed by atoms with van der Waals surface area (Å²) >= 11 is 0. The lowest BCUT2D eigenvalue weighted by Crippen LogP contribution is -2.37. The Labute approximate surface area is 157 Å². The Hall–Kier alpha value is -2.81. The minimum Gasteiger partial charge on any atom is -0.366 e. The molecule has 1 aromatic carbocycles. The zero-order chi connectivity index (χ0) is 19.7. The van der Waals surface area contributed by atoms with Crippen molar-refractivity contribution in [3.63, 3.8) is 0 Å². The van der Waals surface area contributed by atoms with E-state index in [0.29, 0.717) is 17.5 Å². The lowest BCUT2D eigenvalue weighted by atomic mass is 9.79. The molecular formula is C21H24FN3O2. The Kier molecular flexibility index (Phi) is 5.22. The summed E-state index contributed by atoms with van der Waals surface area (Å²) in [7, 11) is 0. The zero-order valence-corrected chi connectivity index (χ0v) is 15.8. The molecule has 1 aliphatic carbocycles. The number of hydrogen-bond acceptors (Lipinski definition) is 2. The number of aryl methyl sites for hydroxylation is 2. The van der Waals surface area contributed by atoms with Crippen LogP contribution >= 0.6 is 0 Å². The summed E-state index contributed by atoms with van der Waals surface area (Å²) in [6, 6.07) is 1.20. The molecule has 1 aliphatic rings. The molecule has 1 aromatic heterocycles. The summed E-state index contributed by atoms with van der Waals surface area (Å²) in [4.78, 5) is 26.8. The molecule has 0 spiro atoms. The van der Waals surface area contributed by atoms with Crippen molar-refractivity contribution in [2.45, 2.75) is 58.4 Å². The van der Waals surface area contributed by atoms with Crippen molar-refractivity contribution < 1.29 is 14.0 Å². The first-order chi connectivity index (χ1) is 12.8. The van der Waals surface area contributed by atoms with Crippen molar-refractivity contribution in [3.05, 3.63) is 34.3 Å². The molecule has 0 bridgehead atoms. The fourth-order valence-corrected chi connectivity index (χ4v) is 4.17. The van der Waals surface area contributed by atoms with Gasteiger partial charge >= 0.3 is 0 Å². The van der Waals surface area contributed by atoms with Gasteiger partial charge < -0.3 is 16.0 Å². The Morgan fingerprint density at radius 3 is 2.74 bits per heavy atom. The van der Waals surface area contributed by atoms with E-state index in [9.17, 15) is 9.59 Å². The van der Waals surface area contributed by atoms with Crippen LogP contribution < -0.4 is 11.1 Å². The largest absolute Gasteiger partial charge is 0.366 e. The second-order valence-electron chi connectivity index (χ2n) is 7.22. The lowest BCUT2D eigenvalue weighted by Gasteiger charge is -2.30. The summed E-state index contributed by atoms with van der Waals surface area (Å²) in [5.41, 5.74) is 8.64. The number of nitrogens with one attached hydrogen (secondary N) is 2. The van der Waals surface area contributed by atoms with Crippen molar-refractivity contribution in [1.29, 1.82) is 0 Å². The first-order valence-electron chi connectivity index (χ1n) is 9.17. The van der Waals surface area contributed by atoms with Crippen LogP contribution in [0.15, 0.2) is 6.07 Å². The number of fused-ring (bicyclic) bond motifs is 1. The van der Waals surface area contributed by atoms with Crippen LogP contribution in [-0.2, 0) is 4.79 Å². The topological polar surface area (TPSA) is 88.0 Å². The maximum absolute atomic E-state index is 15.1. The monoisotopic (exact) mass is 369 g/mol. The summed E-state index contributed by atoms with van der Waals surface area (Å²) in [5.74, 6) is 3.67. The molecule has 2 aromatic rings. The van der Waals surface area contributed by atoms with E-state index in [1.54, 1.807) is 6.92 Å². The van der Waals surface area contributed by atoms with Gasteiger partial charge in [-0.05, 0) is 63.5 Å². The second-order valence-corrected chi connectivity index (χ2v) is 7.22. The lowest BCUT2D eigenvalue weighted by molar-refractivity contribution is -0.116. The minimum absolute atomic E-state index is 0.0392. The normalized spacial score (nSPS) is 19.4. The number of H-pyrrole nitrogens is 1. The molecule has 142 valence electrons. The van der Waals surface area contributed by atoms with Gasteiger partial charge in [0, 0.05) is 22.7 Å². The molecule has 1 fully saturated rings.